The van der Waals surface area contributed by atoms with Crippen LogP contribution in [0.1, 0.15) is 265 Å². The van der Waals surface area contributed by atoms with E-state index >= 15 is 0 Å². The smallest absolute Gasteiger partial charge is 0.306 e. The van der Waals surface area contributed by atoms with E-state index in [1.165, 1.54) is 135 Å². The zero-order valence-electron chi connectivity index (χ0n) is 44.8. The third-order valence-corrected chi connectivity index (χ3v) is 12.1. The van der Waals surface area contributed by atoms with E-state index in [4.69, 9.17) is 14.2 Å². The van der Waals surface area contributed by atoms with Crippen molar-refractivity contribution in [3.05, 3.63) is 97.2 Å². The Morgan fingerprint density at radius 1 is 0.338 bits per heavy atom. The monoisotopic (exact) mass is 945 g/mol. The van der Waals surface area contributed by atoms with Crippen LogP contribution in [0.25, 0.3) is 0 Å². The summed E-state index contributed by atoms with van der Waals surface area (Å²) in [6.07, 6.45) is 78.6. The minimum Gasteiger partial charge on any atom is -0.462 e. The largest absolute Gasteiger partial charge is 0.462 e. The Hall–Kier alpha value is -3.18. The number of unbranched alkanes of at least 4 members (excludes halogenated alkanes) is 25. The maximum atomic E-state index is 12.8. The predicted molar refractivity (Wildman–Crippen MR) is 297 cm³/mol. The SMILES string of the molecule is CC/C=C\C/C=C\C/C=C\C/C=C\CCCCCCCCCOCC(COC(=O)CCCCCCCCCCC/C=C\CCCCCCCC)OC(=O)CCCCC/C=C\C/C=C\C/C=C\CC. The normalized spacial score (nSPS) is 12.9. The first-order valence-electron chi connectivity index (χ1n) is 28.8. The highest BCUT2D eigenvalue weighted by Gasteiger charge is 2.17. The van der Waals surface area contributed by atoms with Gasteiger partial charge in [0.2, 0.25) is 0 Å². The second-order valence-corrected chi connectivity index (χ2v) is 18.8. The second kappa shape index (κ2) is 58.1. The Bertz CT molecular complexity index is 1300. The van der Waals surface area contributed by atoms with Crippen molar-refractivity contribution < 1.29 is 23.8 Å². The summed E-state index contributed by atoms with van der Waals surface area (Å²) in [4.78, 5) is 25.5. The number of hydrogen-bond acceptors (Lipinski definition) is 5. The summed E-state index contributed by atoms with van der Waals surface area (Å²) >= 11 is 0. The lowest BCUT2D eigenvalue weighted by molar-refractivity contribution is -0.163. The molecular weight excluding hydrogens is 837 g/mol. The fourth-order valence-corrected chi connectivity index (χ4v) is 7.86. The molecule has 0 aliphatic rings. The maximum Gasteiger partial charge on any atom is 0.306 e. The number of esters is 2. The van der Waals surface area contributed by atoms with Crippen LogP contribution < -0.4 is 0 Å². The van der Waals surface area contributed by atoms with E-state index in [1.54, 1.807) is 0 Å². The number of ether oxygens (including phenoxy) is 3. The van der Waals surface area contributed by atoms with E-state index in [-0.39, 0.29) is 25.2 Å². The first kappa shape index (κ1) is 64.8. The van der Waals surface area contributed by atoms with E-state index < -0.39 is 6.10 Å². The van der Waals surface area contributed by atoms with Crippen LogP contribution in [0.3, 0.4) is 0 Å². The summed E-state index contributed by atoms with van der Waals surface area (Å²) < 4.78 is 17.4. The molecule has 0 aliphatic heterocycles. The molecule has 1 atom stereocenters. The summed E-state index contributed by atoms with van der Waals surface area (Å²) in [5.74, 6) is -0.438. The minimum atomic E-state index is -0.564. The highest BCUT2D eigenvalue weighted by Crippen LogP contribution is 2.14. The highest BCUT2D eigenvalue weighted by molar-refractivity contribution is 5.70. The minimum absolute atomic E-state index is 0.0640. The van der Waals surface area contributed by atoms with Crippen LogP contribution in [-0.2, 0) is 23.8 Å². The molecule has 0 rings (SSSR count). The van der Waals surface area contributed by atoms with Crippen LogP contribution in [0.4, 0.5) is 0 Å². The lowest BCUT2D eigenvalue weighted by Crippen LogP contribution is -2.30. The zero-order valence-corrected chi connectivity index (χ0v) is 44.8. The fourth-order valence-electron chi connectivity index (χ4n) is 7.86. The molecule has 0 fully saturated rings. The van der Waals surface area contributed by atoms with Crippen LogP contribution in [0.15, 0.2) is 97.2 Å². The van der Waals surface area contributed by atoms with Gasteiger partial charge in [-0.2, -0.15) is 0 Å². The molecule has 5 nitrogen and oxygen atoms in total. The summed E-state index contributed by atoms with van der Waals surface area (Å²) in [5.41, 5.74) is 0. The van der Waals surface area contributed by atoms with Crippen molar-refractivity contribution in [1.82, 2.24) is 0 Å². The van der Waals surface area contributed by atoms with Gasteiger partial charge in [-0.15, -0.1) is 0 Å². The Labute approximate surface area is 422 Å². The molecule has 0 N–H and O–H groups in total. The van der Waals surface area contributed by atoms with Gasteiger partial charge in [0, 0.05) is 19.4 Å². The molecule has 0 amide bonds. The molecule has 0 saturated heterocycles. The van der Waals surface area contributed by atoms with Crippen molar-refractivity contribution >= 4 is 11.9 Å². The van der Waals surface area contributed by atoms with Gasteiger partial charge in [-0.3, -0.25) is 9.59 Å². The van der Waals surface area contributed by atoms with Crippen molar-refractivity contribution in [2.75, 3.05) is 19.8 Å². The number of carbonyl (C=O) groups is 2. The summed E-state index contributed by atoms with van der Waals surface area (Å²) in [6.45, 7) is 7.56. The third-order valence-electron chi connectivity index (χ3n) is 12.1. The lowest BCUT2D eigenvalue weighted by atomic mass is 10.1. The number of carbonyl (C=O) groups excluding carboxylic acids is 2. The van der Waals surface area contributed by atoms with Gasteiger partial charge >= 0.3 is 11.9 Å². The second-order valence-electron chi connectivity index (χ2n) is 18.8. The summed E-state index contributed by atoms with van der Waals surface area (Å²) in [7, 11) is 0. The maximum absolute atomic E-state index is 12.8. The first-order chi connectivity index (χ1) is 33.6. The molecule has 0 spiro atoms. The van der Waals surface area contributed by atoms with Crippen molar-refractivity contribution in [1.29, 1.82) is 0 Å². The van der Waals surface area contributed by atoms with Gasteiger partial charge < -0.3 is 14.2 Å². The predicted octanol–water partition coefficient (Wildman–Crippen LogP) is 19.8. The van der Waals surface area contributed by atoms with E-state index in [0.717, 1.165) is 96.3 Å². The summed E-state index contributed by atoms with van der Waals surface area (Å²) in [5, 5.41) is 0. The van der Waals surface area contributed by atoms with Crippen LogP contribution >= 0.6 is 0 Å². The molecule has 0 heterocycles. The Morgan fingerprint density at radius 2 is 0.662 bits per heavy atom. The van der Waals surface area contributed by atoms with Gasteiger partial charge in [0.15, 0.2) is 6.10 Å². The topological polar surface area (TPSA) is 61.8 Å². The fraction of sp³-hybridized carbons (Fsp3) is 0.714. The molecule has 0 radical (unpaired) electrons. The van der Waals surface area contributed by atoms with E-state index in [2.05, 4.69) is 118 Å². The van der Waals surface area contributed by atoms with Gasteiger partial charge in [-0.1, -0.05) is 234 Å². The molecule has 0 saturated carbocycles. The molecule has 1 unspecified atom stereocenters. The van der Waals surface area contributed by atoms with E-state index in [1.807, 2.05) is 0 Å². The molecular formula is C63H108O5. The molecule has 0 bridgehead atoms. The van der Waals surface area contributed by atoms with Crippen LogP contribution in [0.5, 0.6) is 0 Å². The molecule has 0 aromatic heterocycles. The highest BCUT2D eigenvalue weighted by atomic mass is 16.6. The van der Waals surface area contributed by atoms with E-state index in [0.29, 0.717) is 19.4 Å². The Balaban J connectivity index is 4.29. The standard InChI is InChI=1S/C63H108O5/c1-4-7-10-13-16-19-22-25-27-29-31-33-35-37-40-43-46-49-52-55-58-66-59-61(68-63(65)57-54-51-48-45-42-38-24-21-18-15-12-9-6-3)60-67-62(64)56-53-50-47-44-41-39-36-34-32-30-28-26-23-20-17-14-11-8-5-2/h7,9-10,12,16,18-19,21,25-28,31,33,38,42,61H,4-6,8,11,13-15,17,20,22-24,29-30,32,34-37,39-41,43-60H2,1-3H3/b10-7-,12-9-,19-16-,21-18-,27-25-,28-26-,33-31-,42-38-. The van der Waals surface area contributed by atoms with Gasteiger partial charge in [-0.25, -0.2) is 0 Å². The molecule has 0 aromatic carbocycles. The van der Waals surface area contributed by atoms with Crippen LogP contribution in [0.2, 0.25) is 0 Å². The van der Waals surface area contributed by atoms with Crippen LogP contribution in [-0.4, -0.2) is 37.9 Å². The Kier molecular flexibility index (Phi) is 55.4. The first-order valence-corrected chi connectivity index (χ1v) is 28.8. The lowest BCUT2D eigenvalue weighted by Gasteiger charge is -2.18. The van der Waals surface area contributed by atoms with Gasteiger partial charge in [0.05, 0.1) is 6.61 Å². The van der Waals surface area contributed by atoms with Crippen molar-refractivity contribution in [3.8, 4) is 0 Å². The summed E-state index contributed by atoms with van der Waals surface area (Å²) in [6, 6.07) is 0. The molecule has 5 heteroatoms. The Morgan fingerprint density at radius 3 is 1.09 bits per heavy atom. The third kappa shape index (κ3) is 55.4. The van der Waals surface area contributed by atoms with Crippen molar-refractivity contribution in [3.63, 3.8) is 0 Å². The van der Waals surface area contributed by atoms with Crippen molar-refractivity contribution in [2.24, 2.45) is 0 Å². The number of hydrogen-bond donors (Lipinski definition) is 0. The number of rotatable bonds is 52. The van der Waals surface area contributed by atoms with Gasteiger partial charge in [0.1, 0.15) is 6.61 Å². The molecule has 68 heavy (non-hydrogen) atoms. The quantitative estimate of drug-likeness (QED) is 0.0345. The average Bonchev–Trinajstić information content (AvgIpc) is 3.34. The van der Waals surface area contributed by atoms with Crippen molar-refractivity contribution in [2.45, 2.75) is 271 Å². The van der Waals surface area contributed by atoms with E-state index in [9.17, 15) is 9.59 Å². The van der Waals surface area contributed by atoms with Gasteiger partial charge in [-0.05, 0) is 116 Å². The van der Waals surface area contributed by atoms with Gasteiger partial charge in [0.25, 0.3) is 0 Å². The molecule has 0 aliphatic carbocycles. The van der Waals surface area contributed by atoms with Crippen LogP contribution in [0, 0.1) is 0 Å². The zero-order chi connectivity index (χ0) is 49.2. The average molecular weight is 946 g/mol. The number of allylic oxidation sites excluding steroid dienone is 16. The molecule has 0 aromatic rings. The molecule has 390 valence electrons.